The molecule has 0 unspecified atom stereocenters. The number of hydrogen-bond donors (Lipinski definition) is 1. The van der Waals surface area contributed by atoms with Crippen molar-refractivity contribution in [1.82, 2.24) is 0 Å². The summed E-state index contributed by atoms with van der Waals surface area (Å²) in [6.45, 7) is 2.24. The lowest BCUT2D eigenvalue weighted by Crippen LogP contribution is -2.18. The minimum Gasteiger partial charge on any atom is -0.496 e. The van der Waals surface area contributed by atoms with E-state index in [2.05, 4.69) is 0 Å². The van der Waals surface area contributed by atoms with Crippen LogP contribution in [-0.2, 0) is 6.42 Å². The minimum absolute atomic E-state index is 0.0965. The van der Waals surface area contributed by atoms with Gasteiger partial charge in [0.15, 0.2) is 11.5 Å². The van der Waals surface area contributed by atoms with Gasteiger partial charge in [0, 0.05) is 12.1 Å². The zero-order valence-electron chi connectivity index (χ0n) is 8.95. The zero-order valence-corrected chi connectivity index (χ0v) is 8.95. The largest absolute Gasteiger partial charge is 0.496 e. The molecule has 0 aromatic heterocycles. The summed E-state index contributed by atoms with van der Waals surface area (Å²) in [7, 11) is 1.64. The Hall–Kier alpha value is -1.42. The molecule has 0 fully saturated rings. The molecule has 2 rings (SSSR count). The molecule has 0 saturated carbocycles. The summed E-state index contributed by atoms with van der Waals surface area (Å²) < 4.78 is 15.8. The van der Waals surface area contributed by atoms with Crippen molar-refractivity contribution in [2.75, 3.05) is 13.9 Å². The summed E-state index contributed by atoms with van der Waals surface area (Å²) >= 11 is 0. The number of nitrogens with two attached hydrogens (primary N) is 1. The van der Waals surface area contributed by atoms with Crippen molar-refractivity contribution < 1.29 is 14.2 Å². The Labute approximate surface area is 88.9 Å². The molecule has 0 bridgehead atoms. The van der Waals surface area contributed by atoms with E-state index in [1.54, 1.807) is 7.11 Å². The van der Waals surface area contributed by atoms with Crippen molar-refractivity contribution in [2.45, 2.75) is 19.4 Å². The van der Waals surface area contributed by atoms with Gasteiger partial charge in [-0.15, -0.1) is 0 Å². The molecule has 0 saturated heterocycles. The molecule has 4 nitrogen and oxygen atoms in total. The molecule has 1 aliphatic rings. The van der Waals surface area contributed by atoms with Gasteiger partial charge in [0.1, 0.15) is 5.75 Å². The second-order valence-corrected chi connectivity index (χ2v) is 3.70. The van der Waals surface area contributed by atoms with Gasteiger partial charge in [0.2, 0.25) is 6.79 Å². The topological polar surface area (TPSA) is 53.7 Å². The van der Waals surface area contributed by atoms with E-state index in [0.717, 1.165) is 29.2 Å². The smallest absolute Gasteiger partial charge is 0.231 e. The molecule has 1 atom stereocenters. The van der Waals surface area contributed by atoms with Crippen LogP contribution in [-0.4, -0.2) is 19.9 Å². The lowest BCUT2D eigenvalue weighted by atomic mass is 10.1. The fourth-order valence-electron chi connectivity index (χ4n) is 1.66. The third-order valence-electron chi connectivity index (χ3n) is 2.32. The van der Waals surface area contributed by atoms with Crippen LogP contribution in [0.2, 0.25) is 0 Å². The first-order chi connectivity index (χ1) is 7.20. The number of fused-ring (bicyclic) bond motifs is 1. The summed E-state index contributed by atoms with van der Waals surface area (Å²) in [6, 6.07) is 3.88. The molecule has 15 heavy (non-hydrogen) atoms. The normalized spacial score (nSPS) is 15.1. The average Bonchev–Trinajstić information content (AvgIpc) is 2.62. The molecule has 4 heteroatoms. The van der Waals surface area contributed by atoms with Crippen LogP contribution in [0.3, 0.4) is 0 Å². The Bertz CT molecular complexity index is 363. The monoisotopic (exact) mass is 209 g/mol. The first-order valence-corrected chi connectivity index (χ1v) is 4.93. The second kappa shape index (κ2) is 3.98. The van der Waals surface area contributed by atoms with Gasteiger partial charge in [-0.1, -0.05) is 0 Å². The lowest BCUT2D eigenvalue weighted by molar-refractivity contribution is 0.174. The van der Waals surface area contributed by atoms with Crippen molar-refractivity contribution in [3.8, 4) is 17.2 Å². The molecular weight excluding hydrogens is 194 g/mol. The highest BCUT2D eigenvalue weighted by molar-refractivity contribution is 5.52. The fraction of sp³-hybridized carbons (Fsp3) is 0.455. The molecule has 0 aliphatic carbocycles. The Balaban J connectivity index is 2.35. The van der Waals surface area contributed by atoms with Crippen LogP contribution in [0.4, 0.5) is 0 Å². The van der Waals surface area contributed by atoms with E-state index in [1.165, 1.54) is 0 Å². The SMILES string of the molecule is COc1cc2c(cc1C[C@H](C)N)OCO2. The van der Waals surface area contributed by atoms with Gasteiger partial charge >= 0.3 is 0 Å². The van der Waals surface area contributed by atoms with Gasteiger partial charge in [-0.3, -0.25) is 0 Å². The molecular formula is C11H15NO3. The van der Waals surface area contributed by atoms with E-state index in [1.807, 2.05) is 19.1 Å². The van der Waals surface area contributed by atoms with E-state index in [4.69, 9.17) is 19.9 Å². The minimum atomic E-state index is 0.0965. The highest BCUT2D eigenvalue weighted by atomic mass is 16.7. The third-order valence-corrected chi connectivity index (χ3v) is 2.32. The fourth-order valence-corrected chi connectivity index (χ4v) is 1.66. The average molecular weight is 209 g/mol. The van der Waals surface area contributed by atoms with Crippen LogP contribution in [0.25, 0.3) is 0 Å². The molecule has 2 N–H and O–H groups in total. The van der Waals surface area contributed by atoms with Gasteiger partial charge in [0.05, 0.1) is 7.11 Å². The molecule has 0 radical (unpaired) electrons. The van der Waals surface area contributed by atoms with E-state index in [-0.39, 0.29) is 12.8 Å². The molecule has 1 aromatic rings. The van der Waals surface area contributed by atoms with Gasteiger partial charge in [0.25, 0.3) is 0 Å². The van der Waals surface area contributed by atoms with E-state index in [0.29, 0.717) is 0 Å². The van der Waals surface area contributed by atoms with Crippen LogP contribution in [0.15, 0.2) is 12.1 Å². The van der Waals surface area contributed by atoms with E-state index < -0.39 is 0 Å². The maximum absolute atomic E-state index is 5.77. The first kappa shape index (κ1) is 10.1. The Morgan fingerprint density at radius 2 is 2.07 bits per heavy atom. The van der Waals surface area contributed by atoms with Crippen LogP contribution in [0, 0.1) is 0 Å². The summed E-state index contributed by atoms with van der Waals surface area (Å²) in [5, 5.41) is 0. The summed E-state index contributed by atoms with van der Waals surface area (Å²) in [6.07, 6.45) is 0.764. The standard InChI is InChI=1S/C11H15NO3/c1-7(12)3-8-4-10-11(15-6-14-10)5-9(8)13-2/h4-5,7H,3,6,12H2,1-2H3/t7-/m0/s1. The van der Waals surface area contributed by atoms with Crippen molar-refractivity contribution in [3.63, 3.8) is 0 Å². The zero-order chi connectivity index (χ0) is 10.8. The maximum atomic E-state index is 5.77. The first-order valence-electron chi connectivity index (χ1n) is 4.93. The number of benzene rings is 1. The predicted octanol–water partition coefficient (Wildman–Crippen LogP) is 1.31. The molecule has 1 aromatic carbocycles. The Morgan fingerprint density at radius 3 is 2.67 bits per heavy atom. The van der Waals surface area contributed by atoms with Crippen molar-refractivity contribution in [3.05, 3.63) is 17.7 Å². The van der Waals surface area contributed by atoms with Crippen LogP contribution < -0.4 is 19.9 Å². The summed E-state index contributed by atoms with van der Waals surface area (Å²) in [5.41, 5.74) is 6.82. The lowest BCUT2D eigenvalue weighted by Gasteiger charge is -2.11. The van der Waals surface area contributed by atoms with Crippen molar-refractivity contribution in [1.29, 1.82) is 0 Å². The van der Waals surface area contributed by atoms with Gasteiger partial charge < -0.3 is 19.9 Å². The number of ether oxygens (including phenoxy) is 3. The van der Waals surface area contributed by atoms with Gasteiger partial charge in [-0.05, 0) is 25.0 Å². The Kier molecular flexibility index (Phi) is 2.68. The van der Waals surface area contributed by atoms with E-state index >= 15 is 0 Å². The molecule has 0 spiro atoms. The highest BCUT2D eigenvalue weighted by Crippen LogP contribution is 2.38. The summed E-state index contributed by atoms with van der Waals surface area (Å²) in [4.78, 5) is 0. The van der Waals surface area contributed by atoms with Crippen LogP contribution >= 0.6 is 0 Å². The molecule has 1 heterocycles. The molecule has 82 valence electrons. The van der Waals surface area contributed by atoms with Crippen molar-refractivity contribution in [2.24, 2.45) is 5.73 Å². The van der Waals surface area contributed by atoms with Gasteiger partial charge in [-0.2, -0.15) is 0 Å². The molecule has 0 amide bonds. The Morgan fingerprint density at radius 1 is 1.40 bits per heavy atom. The second-order valence-electron chi connectivity index (χ2n) is 3.70. The molecule has 1 aliphatic heterocycles. The third kappa shape index (κ3) is 1.99. The highest BCUT2D eigenvalue weighted by Gasteiger charge is 2.18. The van der Waals surface area contributed by atoms with E-state index in [9.17, 15) is 0 Å². The van der Waals surface area contributed by atoms with Crippen LogP contribution in [0.5, 0.6) is 17.2 Å². The van der Waals surface area contributed by atoms with Crippen molar-refractivity contribution >= 4 is 0 Å². The number of rotatable bonds is 3. The van der Waals surface area contributed by atoms with Gasteiger partial charge in [-0.25, -0.2) is 0 Å². The number of methoxy groups -OCH3 is 1. The maximum Gasteiger partial charge on any atom is 0.231 e. The predicted molar refractivity (Wildman–Crippen MR) is 56.5 cm³/mol. The van der Waals surface area contributed by atoms with Crippen LogP contribution in [0.1, 0.15) is 12.5 Å². The number of hydrogen-bond acceptors (Lipinski definition) is 4. The quantitative estimate of drug-likeness (QED) is 0.815. The summed E-state index contributed by atoms with van der Waals surface area (Å²) in [5.74, 6) is 2.31.